The van der Waals surface area contributed by atoms with Crippen LogP contribution in [-0.4, -0.2) is 45.3 Å². The number of H-pyrrole nitrogens is 1. The third-order valence-electron chi connectivity index (χ3n) is 2.35. The molecule has 17 heavy (non-hydrogen) atoms. The van der Waals surface area contributed by atoms with Crippen molar-refractivity contribution in [1.29, 1.82) is 0 Å². The molecule has 2 amide bonds. The highest BCUT2D eigenvalue weighted by molar-refractivity contribution is 5.80. The lowest BCUT2D eigenvalue weighted by Crippen LogP contribution is -2.43. The van der Waals surface area contributed by atoms with E-state index < -0.39 is 12.0 Å². The summed E-state index contributed by atoms with van der Waals surface area (Å²) < 4.78 is 0. The van der Waals surface area contributed by atoms with Gasteiger partial charge in [-0.15, -0.1) is 0 Å². The van der Waals surface area contributed by atoms with E-state index in [1.807, 2.05) is 0 Å². The number of hydrogen-bond donors (Lipinski definition) is 3. The number of likely N-dealkylation sites (N-methyl/N-ethyl adjacent to an activating group) is 1. The maximum atomic E-state index is 11.7. The minimum atomic E-state index is -1.03. The second-order valence-electron chi connectivity index (χ2n) is 3.61. The van der Waals surface area contributed by atoms with Crippen LogP contribution >= 0.6 is 0 Å². The summed E-state index contributed by atoms with van der Waals surface area (Å²) in [6, 6.07) is -0.618. The number of hydrogen-bond acceptors (Lipinski definition) is 3. The molecule has 3 N–H and O–H groups in total. The van der Waals surface area contributed by atoms with Crippen LogP contribution in [0.4, 0.5) is 4.79 Å². The summed E-state index contributed by atoms with van der Waals surface area (Å²) in [5.74, 6) is -1.03. The molecule has 0 spiro atoms. The fourth-order valence-corrected chi connectivity index (χ4v) is 1.35. The molecule has 1 atom stereocenters. The highest BCUT2D eigenvalue weighted by atomic mass is 16.4. The quantitative estimate of drug-likeness (QED) is 0.701. The van der Waals surface area contributed by atoms with Gasteiger partial charge >= 0.3 is 12.0 Å². The number of aromatic amines is 1. The van der Waals surface area contributed by atoms with Gasteiger partial charge in [-0.1, -0.05) is 0 Å². The van der Waals surface area contributed by atoms with E-state index in [1.54, 1.807) is 26.2 Å². The summed E-state index contributed by atoms with van der Waals surface area (Å²) in [6.45, 7) is 3.57. The Kier molecular flexibility index (Phi) is 4.50. The van der Waals surface area contributed by atoms with E-state index in [-0.39, 0.29) is 12.6 Å². The van der Waals surface area contributed by atoms with Gasteiger partial charge in [-0.05, 0) is 13.8 Å². The van der Waals surface area contributed by atoms with Gasteiger partial charge in [0.2, 0.25) is 0 Å². The topological polar surface area (TPSA) is 98.3 Å². The molecule has 1 unspecified atom stereocenters. The van der Waals surface area contributed by atoms with Crippen LogP contribution in [0.25, 0.3) is 0 Å². The summed E-state index contributed by atoms with van der Waals surface area (Å²) in [5, 5.41) is 17.8. The predicted octanol–water partition coefficient (Wildman–Crippen LogP) is 0.587. The molecule has 0 aliphatic heterocycles. The number of carboxylic acids is 1. The molecule has 7 nitrogen and oxygen atoms in total. The lowest BCUT2D eigenvalue weighted by atomic mass is 10.2. The van der Waals surface area contributed by atoms with Crippen molar-refractivity contribution in [3.05, 3.63) is 18.0 Å². The van der Waals surface area contributed by atoms with Crippen LogP contribution < -0.4 is 5.32 Å². The lowest BCUT2D eigenvalue weighted by molar-refractivity contribution is -0.137. The maximum absolute atomic E-state index is 11.7. The molecule has 1 heterocycles. The van der Waals surface area contributed by atoms with Crippen molar-refractivity contribution in [2.75, 3.05) is 13.1 Å². The molecule has 1 aromatic rings. The van der Waals surface area contributed by atoms with Crippen LogP contribution in [0.3, 0.4) is 0 Å². The number of nitrogens with one attached hydrogen (secondary N) is 2. The van der Waals surface area contributed by atoms with Crippen molar-refractivity contribution in [1.82, 2.24) is 20.4 Å². The minimum absolute atomic E-state index is 0.218. The molecular formula is C10H16N4O3. The maximum Gasteiger partial charge on any atom is 0.323 e. The molecule has 0 aliphatic carbocycles. The number of carbonyl (C=O) groups is 2. The summed E-state index contributed by atoms with van der Waals surface area (Å²) in [6.07, 6.45) is 3.29. The first-order chi connectivity index (χ1) is 8.04. The molecule has 1 rings (SSSR count). The van der Waals surface area contributed by atoms with E-state index in [4.69, 9.17) is 5.11 Å². The van der Waals surface area contributed by atoms with Crippen molar-refractivity contribution < 1.29 is 14.7 Å². The van der Waals surface area contributed by atoms with Crippen LogP contribution in [0.5, 0.6) is 0 Å². The number of rotatable bonds is 5. The van der Waals surface area contributed by atoms with Crippen molar-refractivity contribution in [2.24, 2.45) is 0 Å². The predicted molar refractivity (Wildman–Crippen MR) is 60.4 cm³/mol. The number of urea groups is 1. The van der Waals surface area contributed by atoms with Gasteiger partial charge in [-0.25, -0.2) is 4.79 Å². The van der Waals surface area contributed by atoms with Gasteiger partial charge in [0.1, 0.15) is 6.54 Å². The zero-order chi connectivity index (χ0) is 12.8. The van der Waals surface area contributed by atoms with E-state index in [0.717, 1.165) is 5.56 Å². The first-order valence-corrected chi connectivity index (χ1v) is 5.30. The fourth-order valence-electron chi connectivity index (χ4n) is 1.35. The molecule has 0 aromatic carbocycles. The van der Waals surface area contributed by atoms with Gasteiger partial charge < -0.3 is 15.3 Å². The number of aromatic nitrogens is 2. The summed E-state index contributed by atoms with van der Waals surface area (Å²) in [5.41, 5.74) is 0.838. The Balaban J connectivity index is 2.55. The first-order valence-electron chi connectivity index (χ1n) is 5.30. The minimum Gasteiger partial charge on any atom is -0.480 e. The van der Waals surface area contributed by atoms with Crippen LogP contribution in [0, 0.1) is 0 Å². The number of amides is 2. The third-order valence-corrected chi connectivity index (χ3v) is 2.35. The lowest BCUT2D eigenvalue weighted by Gasteiger charge is -2.21. The van der Waals surface area contributed by atoms with E-state index in [2.05, 4.69) is 15.5 Å². The molecule has 0 aliphatic rings. The highest BCUT2D eigenvalue weighted by Crippen LogP contribution is 2.09. The van der Waals surface area contributed by atoms with Crippen molar-refractivity contribution in [2.45, 2.75) is 19.9 Å². The Morgan fingerprint density at radius 2 is 2.35 bits per heavy atom. The van der Waals surface area contributed by atoms with Gasteiger partial charge in [-0.2, -0.15) is 5.10 Å². The molecule has 0 radical (unpaired) electrons. The van der Waals surface area contributed by atoms with Gasteiger partial charge in [0, 0.05) is 18.3 Å². The average Bonchev–Trinajstić information content (AvgIpc) is 2.78. The first kappa shape index (κ1) is 13.0. The van der Waals surface area contributed by atoms with Crippen LogP contribution in [0.1, 0.15) is 25.5 Å². The molecule has 94 valence electrons. The van der Waals surface area contributed by atoms with E-state index in [9.17, 15) is 9.59 Å². The number of carbonyl (C=O) groups excluding carboxylic acids is 1. The molecule has 7 heteroatoms. The van der Waals surface area contributed by atoms with Gasteiger partial charge in [0.25, 0.3) is 0 Å². The molecule has 0 bridgehead atoms. The molecule has 0 fully saturated rings. The van der Waals surface area contributed by atoms with Crippen LogP contribution in [0.2, 0.25) is 0 Å². The zero-order valence-electron chi connectivity index (χ0n) is 9.80. The van der Waals surface area contributed by atoms with Gasteiger partial charge in [0.05, 0.1) is 12.2 Å². The number of carboxylic acid groups (broad SMARTS) is 1. The second kappa shape index (κ2) is 5.88. The number of aliphatic carboxylic acids is 1. The molecule has 0 saturated carbocycles. The molecule has 1 aromatic heterocycles. The monoisotopic (exact) mass is 240 g/mol. The smallest absolute Gasteiger partial charge is 0.323 e. The summed E-state index contributed by atoms with van der Waals surface area (Å²) in [7, 11) is 0. The molecular weight excluding hydrogens is 224 g/mol. The van der Waals surface area contributed by atoms with Crippen LogP contribution in [0.15, 0.2) is 12.4 Å². The normalized spacial score (nSPS) is 11.9. The third kappa shape index (κ3) is 3.78. The van der Waals surface area contributed by atoms with E-state index in [1.165, 1.54) is 4.90 Å². The van der Waals surface area contributed by atoms with E-state index in [0.29, 0.717) is 6.54 Å². The number of nitrogens with zero attached hydrogens (tertiary/aromatic N) is 2. The Hall–Kier alpha value is -2.05. The van der Waals surface area contributed by atoms with E-state index >= 15 is 0 Å². The highest BCUT2D eigenvalue weighted by Gasteiger charge is 2.17. The van der Waals surface area contributed by atoms with Crippen molar-refractivity contribution in [3.63, 3.8) is 0 Å². The van der Waals surface area contributed by atoms with Crippen molar-refractivity contribution in [3.8, 4) is 0 Å². The van der Waals surface area contributed by atoms with Gasteiger partial charge in [0.15, 0.2) is 0 Å². The van der Waals surface area contributed by atoms with Gasteiger partial charge in [-0.3, -0.25) is 9.89 Å². The Bertz CT molecular complexity index is 377. The second-order valence-corrected chi connectivity index (χ2v) is 3.61. The standard InChI is InChI=1S/C10H16N4O3/c1-3-14(6-9(15)16)10(17)13-7(2)8-4-11-12-5-8/h4-5,7H,3,6H2,1-2H3,(H,11,12)(H,13,17)(H,15,16). The summed E-state index contributed by atoms with van der Waals surface area (Å²) in [4.78, 5) is 23.5. The Morgan fingerprint density at radius 3 is 2.82 bits per heavy atom. The fraction of sp³-hybridized carbons (Fsp3) is 0.500. The van der Waals surface area contributed by atoms with Crippen LogP contribution in [-0.2, 0) is 4.79 Å². The molecule has 0 saturated heterocycles. The zero-order valence-corrected chi connectivity index (χ0v) is 9.80. The summed E-state index contributed by atoms with van der Waals surface area (Å²) >= 11 is 0. The SMILES string of the molecule is CCN(CC(=O)O)C(=O)NC(C)c1cn[nH]c1. The van der Waals surface area contributed by atoms with Crippen molar-refractivity contribution >= 4 is 12.0 Å². The Morgan fingerprint density at radius 1 is 1.65 bits per heavy atom. The Labute approximate surface area is 98.8 Å². The largest absolute Gasteiger partial charge is 0.480 e. The average molecular weight is 240 g/mol.